The van der Waals surface area contributed by atoms with Crippen molar-refractivity contribution >= 4 is 11.8 Å². The van der Waals surface area contributed by atoms with Gasteiger partial charge >= 0.3 is 5.97 Å². The van der Waals surface area contributed by atoms with Crippen LogP contribution in [-0.4, -0.2) is 29.1 Å². The molecule has 174 valence electrons. The zero-order valence-electron chi connectivity index (χ0n) is 19.6. The monoisotopic (exact) mass is 430 g/mol. The Kier molecular flexibility index (Phi) is 11.9. The van der Waals surface area contributed by atoms with Crippen LogP contribution in [0.5, 0.6) is 0 Å². The Balaban J connectivity index is 1.98. The Hall–Kier alpha value is -1.68. The molecule has 1 aliphatic rings. The number of ketones is 1. The van der Waals surface area contributed by atoms with Crippen LogP contribution >= 0.6 is 0 Å². The number of carbonyl (C=O) groups is 2. The molecule has 1 saturated carbocycles. The summed E-state index contributed by atoms with van der Waals surface area (Å²) >= 11 is 0. The second-order valence-electron chi connectivity index (χ2n) is 9.23. The molecule has 4 atom stereocenters. The minimum Gasteiger partial charge on any atom is -0.454 e. The van der Waals surface area contributed by atoms with E-state index in [1.54, 1.807) is 0 Å². The summed E-state index contributed by atoms with van der Waals surface area (Å²) in [5.41, 5.74) is 1.21. The van der Waals surface area contributed by atoms with Crippen molar-refractivity contribution in [2.75, 3.05) is 0 Å². The Morgan fingerprint density at radius 2 is 1.74 bits per heavy atom. The van der Waals surface area contributed by atoms with Gasteiger partial charge in [-0.3, -0.25) is 9.59 Å². The molecule has 0 aliphatic heterocycles. The third kappa shape index (κ3) is 9.14. The lowest BCUT2D eigenvalue weighted by atomic mass is 9.84. The summed E-state index contributed by atoms with van der Waals surface area (Å²) in [5, 5.41) is 10.4. The highest BCUT2D eigenvalue weighted by Crippen LogP contribution is 2.38. The normalized spacial score (nSPS) is 21.9. The van der Waals surface area contributed by atoms with Crippen molar-refractivity contribution in [3.05, 3.63) is 35.9 Å². The van der Waals surface area contributed by atoms with Crippen LogP contribution < -0.4 is 0 Å². The molecule has 1 aromatic rings. The third-order valence-electron chi connectivity index (χ3n) is 6.58. The van der Waals surface area contributed by atoms with Gasteiger partial charge in [0, 0.05) is 18.8 Å². The van der Waals surface area contributed by atoms with Gasteiger partial charge in [-0.05, 0) is 43.6 Å². The molecule has 0 amide bonds. The molecule has 1 aromatic carbocycles. The maximum Gasteiger partial charge on any atom is 0.306 e. The van der Waals surface area contributed by atoms with E-state index in [9.17, 15) is 14.7 Å². The lowest BCUT2D eigenvalue weighted by Crippen LogP contribution is -2.31. The highest BCUT2D eigenvalue weighted by molar-refractivity contribution is 5.88. The second kappa shape index (κ2) is 14.4. The molecule has 0 saturated heterocycles. The van der Waals surface area contributed by atoms with Crippen LogP contribution in [-0.2, 0) is 20.7 Å². The van der Waals surface area contributed by atoms with Gasteiger partial charge < -0.3 is 9.84 Å². The zero-order chi connectivity index (χ0) is 22.5. The zero-order valence-corrected chi connectivity index (χ0v) is 19.6. The number of benzene rings is 1. The van der Waals surface area contributed by atoms with Gasteiger partial charge in [0.1, 0.15) is 0 Å². The Bertz CT molecular complexity index is 642. The fraction of sp³-hybridized carbons (Fsp3) is 0.704. The Morgan fingerprint density at radius 1 is 1.03 bits per heavy atom. The molecule has 0 bridgehead atoms. The number of carbonyl (C=O) groups excluding carboxylic acids is 2. The van der Waals surface area contributed by atoms with E-state index in [2.05, 4.69) is 26.0 Å². The van der Waals surface area contributed by atoms with Crippen molar-refractivity contribution < 1.29 is 19.4 Å². The first-order chi connectivity index (χ1) is 15.0. The number of hydrogen-bond acceptors (Lipinski definition) is 4. The Morgan fingerprint density at radius 3 is 2.45 bits per heavy atom. The smallest absolute Gasteiger partial charge is 0.306 e. The molecular formula is C27H42O4. The highest BCUT2D eigenvalue weighted by Gasteiger charge is 2.44. The van der Waals surface area contributed by atoms with E-state index in [0.29, 0.717) is 19.3 Å². The fourth-order valence-electron chi connectivity index (χ4n) is 4.75. The third-order valence-corrected chi connectivity index (χ3v) is 6.58. The minimum atomic E-state index is -0.643. The average molecular weight is 431 g/mol. The Labute approximate surface area is 188 Å². The topological polar surface area (TPSA) is 63.6 Å². The van der Waals surface area contributed by atoms with Crippen molar-refractivity contribution in [1.82, 2.24) is 0 Å². The van der Waals surface area contributed by atoms with E-state index < -0.39 is 6.10 Å². The van der Waals surface area contributed by atoms with Crippen molar-refractivity contribution in [2.24, 2.45) is 11.8 Å². The number of rotatable bonds is 15. The molecular weight excluding hydrogens is 388 g/mol. The van der Waals surface area contributed by atoms with Crippen LogP contribution in [0.15, 0.2) is 30.3 Å². The summed E-state index contributed by atoms with van der Waals surface area (Å²) in [7, 11) is 0. The van der Waals surface area contributed by atoms with Gasteiger partial charge in [-0.1, -0.05) is 82.7 Å². The van der Waals surface area contributed by atoms with Crippen LogP contribution in [0.1, 0.15) is 96.5 Å². The summed E-state index contributed by atoms with van der Waals surface area (Å²) in [6.45, 7) is 4.30. The second-order valence-corrected chi connectivity index (χ2v) is 9.23. The number of esters is 1. The fourth-order valence-corrected chi connectivity index (χ4v) is 4.75. The van der Waals surface area contributed by atoms with Crippen molar-refractivity contribution in [2.45, 2.75) is 110 Å². The predicted molar refractivity (Wildman–Crippen MR) is 125 cm³/mol. The van der Waals surface area contributed by atoms with Crippen molar-refractivity contribution in [1.29, 1.82) is 0 Å². The summed E-state index contributed by atoms with van der Waals surface area (Å²) in [4.78, 5) is 25.2. The molecule has 4 unspecified atom stereocenters. The molecule has 0 aromatic heterocycles. The lowest BCUT2D eigenvalue weighted by molar-refractivity contribution is -0.156. The van der Waals surface area contributed by atoms with Crippen LogP contribution in [0, 0.1) is 11.8 Å². The number of aliphatic hydroxyl groups excluding tert-OH is 1. The van der Waals surface area contributed by atoms with Crippen LogP contribution in [0.25, 0.3) is 0 Å². The number of ether oxygens (including phenoxy) is 1. The molecule has 4 heteroatoms. The highest BCUT2D eigenvalue weighted by atomic mass is 16.5. The average Bonchev–Trinajstić information content (AvgIpc) is 3.04. The van der Waals surface area contributed by atoms with Crippen LogP contribution in [0.2, 0.25) is 0 Å². The van der Waals surface area contributed by atoms with E-state index in [4.69, 9.17) is 4.74 Å². The van der Waals surface area contributed by atoms with Gasteiger partial charge in [0.05, 0.1) is 6.10 Å². The summed E-state index contributed by atoms with van der Waals surface area (Å²) in [6, 6.07) is 10.2. The number of hydrogen-bond donors (Lipinski definition) is 1. The molecule has 31 heavy (non-hydrogen) atoms. The van der Waals surface area contributed by atoms with E-state index in [-0.39, 0.29) is 29.7 Å². The van der Waals surface area contributed by atoms with Gasteiger partial charge in [-0.25, -0.2) is 0 Å². The first-order valence-corrected chi connectivity index (χ1v) is 12.5. The quantitative estimate of drug-likeness (QED) is 0.272. The SMILES string of the molecule is CCCCCCC(=O)OC1C(=O)CC(Cc2ccccc2)C1CCC(O)CCCCC. The van der Waals surface area contributed by atoms with Crippen molar-refractivity contribution in [3.63, 3.8) is 0 Å². The molecule has 1 aliphatic carbocycles. The van der Waals surface area contributed by atoms with Gasteiger partial charge in [0.2, 0.25) is 0 Å². The molecule has 0 heterocycles. The van der Waals surface area contributed by atoms with E-state index in [1.165, 1.54) is 5.56 Å². The van der Waals surface area contributed by atoms with E-state index >= 15 is 0 Å². The van der Waals surface area contributed by atoms with Crippen LogP contribution in [0.4, 0.5) is 0 Å². The first kappa shape index (κ1) is 25.6. The lowest BCUT2D eigenvalue weighted by Gasteiger charge is -2.25. The van der Waals surface area contributed by atoms with Gasteiger partial charge in [0.25, 0.3) is 0 Å². The number of Topliss-reactive ketones (excluding diaryl/α,β-unsaturated/α-hetero) is 1. The molecule has 1 fully saturated rings. The largest absolute Gasteiger partial charge is 0.454 e. The summed E-state index contributed by atoms with van der Waals surface area (Å²) in [5.74, 6) is -0.0413. The maximum absolute atomic E-state index is 12.8. The van der Waals surface area contributed by atoms with E-state index in [1.807, 2.05) is 18.2 Å². The maximum atomic E-state index is 12.8. The summed E-state index contributed by atoms with van der Waals surface area (Å²) in [6.07, 6.45) is 10.3. The van der Waals surface area contributed by atoms with Gasteiger partial charge in [-0.2, -0.15) is 0 Å². The van der Waals surface area contributed by atoms with E-state index in [0.717, 1.165) is 64.2 Å². The van der Waals surface area contributed by atoms with Gasteiger partial charge in [-0.15, -0.1) is 0 Å². The molecule has 4 nitrogen and oxygen atoms in total. The summed E-state index contributed by atoms with van der Waals surface area (Å²) < 4.78 is 5.75. The molecule has 0 radical (unpaired) electrons. The standard InChI is InChI=1S/C27H42O4/c1-3-5-7-12-16-26(30)31-27-24(18-17-23(28)15-9-6-4-2)22(20-25(27)29)19-21-13-10-8-11-14-21/h8,10-11,13-14,22-24,27-28H,3-7,9,12,15-20H2,1-2H3. The molecule has 0 spiro atoms. The van der Waals surface area contributed by atoms with Crippen LogP contribution in [0.3, 0.4) is 0 Å². The van der Waals surface area contributed by atoms with Crippen molar-refractivity contribution in [3.8, 4) is 0 Å². The number of unbranched alkanes of at least 4 members (excludes halogenated alkanes) is 5. The molecule has 1 N–H and O–H groups in total. The minimum absolute atomic E-state index is 0.00637. The first-order valence-electron chi connectivity index (χ1n) is 12.5. The predicted octanol–water partition coefficient (Wildman–Crippen LogP) is 6.04. The van der Waals surface area contributed by atoms with Gasteiger partial charge in [0.15, 0.2) is 11.9 Å². The number of aliphatic hydroxyl groups is 1. The molecule has 2 rings (SSSR count).